The van der Waals surface area contributed by atoms with Crippen LogP contribution in [0.1, 0.15) is 51.9 Å². The monoisotopic (exact) mass is 250 g/mol. The smallest absolute Gasteiger partial charge is 0.0223 e. The molecule has 0 radical (unpaired) electrons. The number of hydrogen-bond donors (Lipinski definition) is 0. The maximum absolute atomic E-state index is 2.79. The fourth-order valence-corrected chi connectivity index (χ4v) is 4.38. The van der Waals surface area contributed by atoms with Crippen LogP contribution < -0.4 is 0 Å². The normalized spacial score (nSPS) is 39.5. The van der Waals surface area contributed by atoms with E-state index in [9.17, 15) is 0 Å². The molecule has 3 aliphatic rings. The molecule has 18 heavy (non-hydrogen) atoms. The molecular formula is C16H30N2. The van der Waals surface area contributed by atoms with E-state index in [1.54, 1.807) is 0 Å². The van der Waals surface area contributed by atoms with Gasteiger partial charge >= 0.3 is 0 Å². The highest BCUT2D eigenvalue weighted by Crippen LogP contribution is 2.31. The van der Waals surface area contributed by atoms with Crippen LogP contribution >= 0.6 is 0 Å². The standard InChI is InChI=1S/C16H30N2/c1-14-6-2-3-7-15(14)12-17-10-11-18-9-5-4-8-16(18)13-17/h14-16H,2-13H2,1H3. The molecule has 2 aliphatic heterocycles. The van der Waals surface area contributed by atoms with E-state index < -0.39 is 0 Å². The van der Waals surface area contributed by atoms with Crippen molar-refractivity contribution in [3.63, 3.8) is 0 Å². The van der Waals surface area contributed by atoms with Crippen molar-refractivity contribution < 1.29 is 0 Å². The van der Waals surface area contributed by atoms with Crippen LogP contribution in [0, 0.1) is 11.8 Å². The Labute approximate surface area is 113 Å². The van der Waals surface area contributed by atoms with Crippen LogP contribution in [-0.4, -0.2) is 48.6 Å². The third kappa shape index (κ3) is 2.91. The highest BCUT2D eigenvalue weighted by molar-refractivity contribution is 4.86. The average Bonchev–Trinajstić information content (AvgIpc) is 2.41. The summed E-state index contributed by atoms with van der Waals surface area (Å²) in [7, 11) is 0. The van der Waals surface area contributed by atoms with Gasteiger partial charge in [0.1, 0.15) is 0 Å². The van der Waals surface area contributed by atoms with Crippen molar-refractivity contribution in [3.05, 3.63) is 0 Å². The number of fused-ring (bicyclic) bond motifs is 1. The molecule has 0 N–H and O–H groups in total. The number of piperazine rings is 1. The van der Waals surface area contributed by atoms with Gasteiger partial charge in [0.05, 0.1) is 0 Å². The van der Waals surface area contributed by atoms with Crippen molar-refractivity contribution in [1.29, 1.82) is 0 Å². The second-order valence-corrected chi connectivity index (χ2v) is 6.97. The van der Waals surface area contributed by atoms with Gasteiger partial charge in [0.15, 0.2) is 0 Å². The summed E-state index contributed by atoms with van der Waals surface area (Å²) in [6, 6.07) is 0.895. The Morgan fingerprint density at radius 3 is 2.61 bits per heavy atom. The highest BCUT2D eigenvalue weighted by Gasteiger charge is 2.31. The summed E-state index contributed by atoms with van der Waals surface area (Å²) in [5.41, 5.74) is 0. The van der Waals surface area contributed by atoms with Crippen LogP contribution in [0.15, 0.2) is 0 Å². The summed E-state index contributed by atoms with van der Waals surface area (Å²) < 4.78 is 0. The van der Waals surface area contributed by atoms with E-state index in [4.69, 9.17) is 0 Å². The van der Waals surface area contributed by atoms with E-state index in [-0.39, 0.29) is 0 Å². The topological polar surface area (TPSA) is 6.48 Å². The van der Waals surface area contributed by atoms with E-state index in [0.717, 1.165) is 17.9 Å². The zero-order chi connectivity index (χ0) is 12.4. The molecule has 0 bridgehead atoms. The molecule has 2 heterocycles. The Morgan fingerprint density at radius 2 is 1.72 bits per heavy atom. The van der Waals surface area contributed by atoms with Crippen molar-refractivity contribution in [3.8, 4) is 0 Å². The summed E-state index contributed by atoms with van der Waals surface area (Å²) in [6.07, 6.45) is 10.3. The van der Waals surface area contributed by atoms with Gasteiger partial charge in [0, 0.05) is 32.2 Å². The van der Waals surface area contributed by atoms with Gasteiger partial charge in [-0.2, -0.15) is 0 Å². The molecule has 1 aliphatic carbocycles. The Kier molecular flexibility index (Phi) is 4.25. The first kappa shape index (κ1) is 12.9. The predicted octanol–water partition coefficient (Wildman–Crippen LogP) is 2.98. The summed E-state index contributed by atoms with van der Waals surface area (Å²) in [4.78, 5) is 5.54. The molecule has 3 atom stereocenters. The van der Waals surface area contributed by atoms with Crippen LogP contribution in [0.3, 0.4) is 0 Å². The third-order valence-corrected chi connectivity index (χ3v) is 5.70. The molecule has 3 rings (SSSR count). The van der Waals surface area contributed by atoms with Gasteiger partial charge in [-0.15, -0.1) is 0 Å². The first-order chi connectivity index (χ1) is 8.83. The SMILES string of the molecule is CC1CCCCC1CN1CCN2CCCCC2C1. The van der Waals surface area contributed by atoms with Crippen LogP contribution in [0.5, 0.6) is 0 Å². The van der Waals surface area contributed by atoms with Crippen LogP contribution in [0.4, 0.5) is 0 Å². The zero-order valence-electron chi connectivity index (χ0n) is 12.1. The zero-order valence-corrected chi connectivity index (χ0v) is 12.1. The molecule has 3 fully saturated rings. The van der Waals surface area contributed by atoms with Crippen LogP contribution in [0.2, 0.25) is 0 Å². The fourth-order valence-electron chi connectivity index (χ4n) is 4.38. The van der Waals surface area contributed by atoms with E-state index in [1.165, 1.54) is 77.7 Å². The molecule has 2 saturated heterocycles. The molecule has 0 aromatic rings. The minimum Gasteiger partial charge on any atom is -0.300 e. The molecule has 0 aromatic heterocycles. The molecule has 104 valence electrons. The Bertz CT molecular complexity index is 266. The average molecular weight is 250 g/mol. The lowest BCUT2D eigenvalue weighted by atomic mass is 9.80. The molecule has 0 amide bonds. The van der Waals surface area contributed by atoms with Crippen molar-refractivity contribution >= 4 is 0 Å². The largest absolute Gasteiger partial charge is 0.300 e. The van der Waals surface area contributed by atoms with Crippen molar-refractivity contribution in [1.82, 2.24) is 9.80 Å². The molecule has 0 aromatic carbocycles. The van der Waals surface area contributed by atoms with Gasteiger partial charge in [0.2, 0.25) is 0 Å². The van der Waals surface area contributed by atoms with E-state index in [1.807, 2.05) is 0 Å². The summed E-state index contributed by atoms with van der Waals surface area (Å²) in [6.45, 7) is 9.29. The molecule has 1 saturated carbocycles. The molecule has 2 heteroatoms. The summed E-state index contributed by atoms with van der Waals surface area (Å²) >= 11 is 0. The Hall–Kier alpha value is -0.0800. The lowest BCUT2D eigenvalue weighted by Crippen LogP contribution is -2.55. The molecule has 0 spiro atoms. The number of rotatable bonds is 2. The minimum absolute atomic E-state index is 0.895. The van der Waals surface area contributed by atoms with Gasteiger partial charge in [-0.25, -0.2) is 0 Å². The first-order valence-corrected chi connectivity index (χ1v) is 8.29. The number of hydrogen-bond acceptors (Lipinski definition) is 2. The first-order valence-electron chi connectivity index (χ1n) is 8.29. The van der Waals surface area contributed by atoms with Gasteiger partial charge in [0.25, 0.3) is 0 Å². The molecule has 2 nitrogen and oxygen atoms in total. The lowest BCUT2D eigenvalue weighted by molar-refractivity contribution is 0.0328. The van der Waals surface area contributed by atoms with Gasteiger partial charge in [-0.1, -0.05) is 32.6 Å². The second kappa shape index (κ2) is 5.92. The van der Waals surface area contributed by atoms with E-state index >= 15 is 0 Å². The van der Waals surface area contributed by atoms with Crippen molar-refractivity contribution in [2.24, 2.45) is 11.8 Å². The maximum atomic E-state index is 2.79. The molecule has 3 unspecified atom stereocenters. The molecular weight excluding hydrogens is 220 g/mol. The highest BCUT2D eigenvalue weighted by atomic mass is 15.3. The number of piperidine rings is 1. The minimum atomic E-state index is 0.895. The fraction of sp³-hybridized carbons (Fsp3) is 1.00. The van der Waals surface area contributed by atoms with Gasteiger partial charge < -0.3 is 4.90 Å². The summed E-state index contributed by atoms with van der Waals surface area (Å²) in [5, 5.41) is 0. The quantitative estimate of drug-likeness (QED) is 0.743. The Morgan fingerprint density at radius 1 is 0.889 bits per heavy atom. The second-order valence-electron chi connectivity index (χ2n) is 6.97. The third-order valence-electron chi connectivity index (χ3n) is 5.70. The van der Waals surface area contributed by atoms with Crippen LogP contribution in [0.25, 0.3) is 0 Å². The van der Waals surface area contributed by atoms with Crippen LogP contribution in [-0.2, 0) is 0 Å². The summed E-state index contributed by atoms with van der Waals surface area (Å²) in [5.74, 6) is 1.97. The van der Waals surface area contributed by atoms with Crippen molar-refractivity contribution in [2.45, 2.75) is 57.9 Å². The Balaban J connectivity index is 1.51. The van der Waals surface area contributed by atoms with E-state index in [2.05, 4.69) is 16.7 Å². The van der Waals surface area contributed by atoms with Crippen molar-refractivity contribution in [2.75, 3.05) is 32.7 Å². The van der Waals surface area contributed by atoms with Gasteiger partial charge in [-0.05, 0) is 37.6 Å². The predicted molar refractivity (Wildman–Crippen MR) is 76.8 cm³/mol. The van der Waals surface area contributed by atoms with Gasteiger partial charge in [-0.3, -0.25) is 4.90 Å². The lowest BCUT2D eigenvalue weighted by Gasteiger charge is -2.45. The maximum Gasteiger partial charge on any atom is 0.0223 e. The van der Waals surface area contributed by atoms with E-state index in [0.29, 0.717) is 0 Å². The number of nitrogens with zero attached hydrogens (tertiary/aromatic N) is 2.